The summed E-state index contributed by atoms with van der Waals surface area (Å²) < 4.78 is 13.1. The van der Waals surface area contributed by atoms with Crippen LogP contribution in [0.25, 0.3) is 0 Å². The normalized spacial score (nSPS) is 17.3. The van der Waals surface area contributed by atoms with Crippen LogP contribution in [0.1, 0.15) is 31.2 Å². The van der Waals surface area contributed by atoms with Gasteiger partial charge in [0.2, 0.25) is 0 Å². The Morgan fingerprint density at radius 1 is 1.27 bits per heavy atom. The molecule has 0 atom stereocenters. The number of benzene rings is 1. The van der Waals surface area contributed by atoms with E-state index in [9.17, 15) is 4.39 Å². The molecule has 0 spiro atoms. The van der Waals surface area contributed by atoms with E-state index >= 15 is 0 Å². The van der Waals surface area contributed by atoms with E-state index in [0.29, 0.717) is 6.04 Å². The van der Waals surface area contributed by atoms with Crippen LogP contribution in [-0.4, -0.2) is 60.8 Å². The fraction of sp³-hybridized carbons (Fsp3) is 0.667. The first-order valence-electron chi connectivity index (χ1n) is 8.47. The van der Waals surface area contributed by atoms with Gasteiger partial charge in [-0.3, -0.25) is 0 Å². The summed E-state index contributed by atoms with van der Waals surface area (Å²) in [5.41, 5.74) is 1.10. The third kappa shape index (κ3) is 5.67. The van der Waals surface area contributed by atoms with E-state index in [-0.39, 0.29) is 12.4 Å². The molecule has 1 fully saturated rings. The number of hydrogen-bond donors (Lipinski definition) is 1. The van der Waals surface area contributed by atoms with Crippen LogP contribution < -0.4 is 0 Å². The maximum absolute atomic E-state index is 13.1. The number of piperidine rings is 1. The number of hydrogen-bond acceptors (Lipinski definition) is 3. The molecule has 0 aliphatic carbocycles. The van der Waals surface area contributed by atoms with Gasteiger partial charge >= 0.3 is 0 Å². The largest absolute Gasteiger partial charge is 0.396 e. The fourth-order valence-electron chi connectivity index (χ4n) is 3.29. The molecule has 22 heavy (non-hydrogen) atoms. The minimum atomic E-state index is -0.135. The Morgan fingerprint density at radius 3 is 2.73 bits per heavy atom. The summed E-state index contributed by atoms with van der Waals surface area (Å²) >= 11 is 0. The van der Waals surface area contributed by atoms with E-state index in [1.807, 2.05) is 6.07 Å². The molecule has 0 bridgehead atoms. The Balaban J connectivity index is 1.63. The maximum Gasteiger partial charge on any atom is 0.123 e. The molecule has 2 rings (SSSR count). The number of halogens is 1. The lowest BCUT2D eigenvalue weighted by molar-refractivity contribution is 0.121. The Morgan fingerprint density at radius 2 is 2.05 bits per heavy atom. The summed E-state index contributed by atoms with van der Waals surface area (Å²) in [4.78, 5) is 4.91. The maximum atomic E-state index is 13.1. The zero-order chi connectivity index (χ0) is 15.8. The van der Waals surface area contributed by atoms with Crippen LogP contribution in [0, 0.1) is 5.82 Å². The second-order valence-electron chi connectivity index (χ2n) is 6.36. The van der Waals surface area contributed by atoms with Gasteiger partial charge in [-0.05, 0) is 76.5 Å². The molecule has 0 amide bonds. The Hall–Kier alpha value is -0.970. The molecule has 0 unspecified atom stereocenters. The van der Waals surface area contributed by atoms with Gasteiger partial charge in [-0.15, -0.1) is 0 Å². The predicted octanol–water partition coefficient (Wildman–Crippen LogP) is 2.54. The SMILES string of the molecule is CN(CCCO)C1CCN(CCCc2cccc(F)c2)CC1. The van der Waals surface area contributed by atoms with Crippen molar-refractivity contribution in [3.63, 3.8) is 0 Å². The van der Waals surface area contributed by atoms with Gasteiger partial charge in [-0.1, -0.05) is 12.1 Å². The van der Waals surface area contributed by atoms with E-state index in [1.54, 1.807) is 12.1 Å². The van der Waals surface area contributed by atoms with Gasteiger partial charge < -0.3 is 14.9 Å². The van der Waals surface area contributed by atoms with Gasteiger partial charge in [0.25, 0.3) is 0 Å². The molecular weight excluding hydrogens is 279 g/mol. The van der Waals surface area contributed by atoms with Crippen LogP contribution in [0.3, 0.4) is 0 Å². The van der Waals surface area contributed by atoms with E-state index in [4.69, 9.17) is 5.11 Å². The highest BCUT2D eigenvalue weighted by Crippen LogP contribution is 2.16. The second kappa shape index (κ2) is 9.23. The van der Waals surface area contributed by atoms with Crippen molar-refractivity contribution in [2.45, 2.75) is 38.1 Å². The summed E-state index contributed by atoms with van der Waals surface area (Å²) in [5, 5.41) is 8.91. The van der Waals surface area contributed by atoms with E-state index in [1.165, 1.54) is 18.9 Å². The van der Waals surface area contributed by atoms with E-state index in [2.05, 4.69) is 16.8 Å². The minimum Gasteiger partial charge on any atom is -0.396 e. The highest BCUT2D eigenvalue weighted by molar-refractivity contribution is 5.16. The average molecular weight is 308 g/mol. The molecule has 0 aromatic heterocycles. The first kappa shape index (κ1) is 17.4. The lowest BCUT2D eigenvalue weighted by Crippen LogP contribution is -2.44. The van der Waals surface area contributed by atoms with Gasteiger partial charge in [-0.2, -0.15) is 0 Å². The standard InChI is InChI=1S/C18H29FN2O/c1-20(10-4-14-22)18-8-12-21(13-9-18)11-3-6-16-5-2-7-17(19)15-16/h2,5,7,15,18,22H,3-4,6,8-14H2,1H3. The Labute approximate surface area is 133 Å². The number of rotatable bonds is 8. The van der Waals surface area contributed by atoms with Gasteiger partial charge in [0, 0.05) is 19.2 Å². The van der Waals surface area contributed by atoms with Crippen LogP contribution >= 0.6 is 0 Å². The molecule has 1 aromatic rings. The molecule has 3 nitrogen and oxygen atoms in total. The number of nitrogens with zero attached hydrogens (tertiary/aromatic N) is 2. The van der Waals surface area contributed by atoms with Crippen molar-refractivity contribution in [2.75, 3.05) is 39.8 Å². The lowest BCUT2D eigenvalue weighted by atomic mass is 10.0. The third-order valence-electron chi connectivity index (χ3n) is 4.68. The highest BCUT2D eigenvalue weighted by Gasteiger charge is 2.21. The topological polar surface area (TPSA) is 26.7 Å². The van der Waals surface area contributed by atoms with Crippen LogP contribution in [0.4, 0.5) is 4.39 Å². The Bertz CT molecular complexity index is 433. The first-order chi connectivity index (χ1) is 10.7. The summed E-state index contributed by atoms with van der Waals surface area (Å²) in [6.45, 7) is 4.67. The van der Waals surface area contributed by atoms with Crippen molar-refractivity contribution in [3.8, 4) is 0 Å². The fourth-order valence-corrected chi connectivity index (χ4v) is 3.29. The summed E-state index contributed by atoms with van der Waals surface area (Å²) in [6.07, 6.45) is 5.33. The van der Waals surface area contributed by atoms with Gasteiger partial charge in [0.15, 0.2) is 0 Å². The first-order valence-corrected chi connectivity index (χ1v) is 8.47. The molecule has 1 aliphatic rings. The molecule has 1 heterocycles. The van der Waals surface area contributed by atoms with E-state index in [0.717, 1.165) is 51.0 Å². The van der Waals surface area contributed by atoms with Crippen LogP contribution in [0.15, 0.2) is 24.3 Å². The quantitative estimate of drug-likeness (QED) is 0.799. The van der Waals surface area contributed by atoms with Crippen LogP contribution in [0.5, 0.6) is 0 Å². The zero-order valence-corrected chi connectivity index (χ0v) is 13.7. The predicted molar refractivity (Wildman–Crippen MR) is 88.5 cm³/mol. The van der Waals surface area contributed by atoms with Crippen molar-refractivity contribution >= 4 is 0 Å². The zero-order valence-electron chi connectivity index (χ0n) is 13.7. The molecule has 1 N–H and O–H groups in total. The smallest absolute Gasteiger partial charge is 0.123 e. The lowest BCUT2D eigenvalue weighted by Gasteiger charge is -2.36. The van der Waals surface area contributed by atoms with Gasteiger partial charge in [-0.25, -0.2) is 4.39 Å². The minimum absolute atomic E-state index is 0.135. The van der Waals surface area contributed by atoms with Crippen molar-refractivity contribution in [1.29, 1.82) is 0 Å². The van der Waals surface area contributed by atoms with Crippen LogP contribution in [-0.2, 0) is 6.42 Å². The average Bonchev–Trinajstić information content (AvgIpc) is 2.53. The van der Waals surface area contributed by atoms with Crippen molar-refractivity contribution in [1.82, 2.24) is 9.80 Å². The van der Waals surface area contributed by atoms with Crippen LogP contribution in [0.2, 0.25) is 0 Å². The monoisotopic (exact) mass is 308 g/mol. The van der Waals surface area contributed by atoms with Gasteiger partial charge in [0.1, 0.15) is 5.82 Å². The molecule has 4 heteroatoms. The number of aliphatic hydroxyl groups excluding tert-OH is 1. The molecule has 0 radical (unpaired) electrons. The molecule has 1 aromatic carbocycles. The molecule has 1 saturated heterocycles. The Kier molecular flexibility index (Phi) is 7.30. The number of likely N-dealkylation sites (tertiary alicyclic amines) is 1. The third-order valence-corrected chi connectivity index (χ3v) is 4.68. The van der Waals surface area contributed by atoms with Gasteiger partial charge in [0.05, 0.1) is 0 Å². The highest BCUT2D eigenvalue weighted by atomic mass is 19.1. The van der Waals surface area contributed by atoms with E-state index < -0.39 is 0 Å². The molecule has 0 saturated carbocycles. The van der Waals surface area contributed by atoms with Crippen molar-refractivity contribution in [2.24, 2.45) is 0 Å². The summed E-state index contributed by atoms with van der Waals surface area (Å²) in [6, 6.07) is 7.60. The number of aryl methyl sites for hydroxylation is 1. The van der Waals surface area contributed by atoms with Crippen molar-refractivity contribution < 1.29 is 9.50 Å². The molecule has 124 valence electrons. The number of aliphatic hydroxyl groups is 1. The summed E-state index contributed by atoms with van der Waals surface area (Å²) in [7, 11) is 2.17. The molecular formula is C18H29FN2O. The second-order valence-corrected chi connectivity index (χ2v) is 6.36. The summed E-state index contributed by atoms with van der Waals surface area (Å²) in [5.74, 6) is -0.135. The molecule has 1 aliphatic heterocycles. The van der Waals surface area contributed by atoms with Crippen molar-refractivity contribution in [3.05, 3.63) is 35.6 Å².